The minimum Gasteiger partial charge on any atom is -0.497 e. The van der Waals surface area contributed by atoms with E-state index in [1.807, 2.05) is 22.6 Å². The van der Waals surface area contributed by atoms with Gasteiger partial charge in [-0.15, -0.1) is 0 Å². The molecule has 100 valence electrons. The molecule has 0 saturated carbocycles. The highest BCUT2D eigenvalue weighted by Gasteiger charge is 2.25. The maximum atomic E-state index is 11.9. The van der Waals surface area contributed by atoms with Crippen LogP contribution in [0.15, 0.2) is 23.1 Å². The van der Waals surface area contributed by atoms with E-state index in [0.717, 1.165) is 12.1 Å². The third-order valence-electron chi connectivity index (χ3n) is 2.04. The van der Waals surface area contributed by atoms with Crippen molar-refractivity contribution in [1.82, 2.24) is 4.72 Å². The summed E-state index contributed by atoms with van der Waals surface area (Å²) in [6.07, 6.45) is 0. The zero-order valence-electron chi connectivity index (χ0n) is 9.42. The molecule has 0 radical (unpaired) electrons. The van der Waals surface area contributed by atoms with Gasteiger partial charge in [0.2, 0.25) is 10.0 Å². The Labute approximate surface area is 118 Å². The highest BCUT2D eigenvalue weighted by molar-refractivity contribution is 14.1. The zero-order valence-corrected chi connectivity index (χ0v) is 12.4. The number of nitro groups is 1. The summed E-state index contributed by atoms with van der Waals surface area (Å²) in [5.74, 6) is 0.231. The van der Waals surface area contributed by atoms with Crippen LogP contribution in [0.3, 0.4) is 0 Å². The van der Waals surface area contributed by atoms with Crippen LogP contribution in [0.5, 0.6) is 5.75 Å². The Bertz CT molecular complexity index is 546. The van der Waals surface area contributed by atoms with Gasteiger partial charge in [-0.3, -0.25) is 10.1 Å². The molecule has 9 heteroatoms. The van der Waals surface area contributed by atoms with E-state index in [2.05, 4.69) is 4.72 Å². The normalized spacial score (nSPS) is 11.2. The first-order chi connectivity index (χ1) is 8.42. The number of nitro benzene ring substituents is 1. The molecule has 0 amide bonds. The summed E-state index contributed by atoms with van der Waals surface area (Å²) in [4.78, 5) is 9.75. The van der Waals surface area contributed by atoms with Crippen molar-refractivity contribution in [3.63, 3.8) is 0 Å². The number of nitrogens with zero attached hydrogens (tertiary/aromatic N) is 1. The molecule has 0 aliphatic heterocycles. The Morgan fingerprint density at radius 2 is 2.17 bits per heavy atom. The number of benzene rings is 1. The Morgan fingerprint density at radius 3 is 2.67 bits per heavy atom. The molecule has 0 aromatic heterocycles. The van der Waals surface area contributed by atoms with Gasteiger partial charge in [0.25, 0.3) is 5.69 Å². The fourth-order valence-electron chi connectivity index (χ4n) is 1.24. The number of sulfonamides is 1. The molecular weight excluding hydrogens is 375 g/mol. The lowest BCUT2D eigenvalue weighted by atomic mass is 10.3. The average Bonchev–Trinajstić information content (AvgIpc) is 2.35. The summed E-state index contributed by atoms with van der Waals surface area (Å²) in [6.45, 7) is 0.214. The molecular formula is C9H11IN2O5S. The summed E-state index contributed by atoms with van der Waals surface area (Å²) in [6, 6.07) is 3.61. The van der Waals surface area contributed by atoms with Gasteiger partial charge in [-0.05, 0) is 12.1 Å². The van der Waals surface area contributed by atoms with Gasteiger partial charge in [-0.25, -0.2) is 13.1 Å². The lowest BCUT2D eigenvalue weighted by molar-refractivity contribution is -0.387. The zero-order chi connectivity index (χ0) is 13.8. The predicted molar refractivity (Wildman–Crippen MR) is 73.7 cm³/mol. The lowest BCUT2D eigenvalue weighted by Gasteiger charge is -2.07. The van der Waals surface area contributed by atoms with E-state index >= 15 is 0 Å². The Balaban J connectivity index is 3.27. The number of halogens is 1. The first kappa shape index (κ1) is 15.1. The highest BCUT2D eigenvalue weighted by atomic mass is 127. The minimum atomic E-state index is -3.88. The maximum Gasteiger partial charge on any atom is 0.293 e. The number of hydrogen-bond acceptors (Lipinski definition) is 5. The van der Waals surface area contributed by atoms with Crippen molar-refractivity contribution in [2.24, 2.45) is 0 Å². The molecule has 18 heavy (non-hydrogen) atoms. The van der Waals surface area contributed by atoms with Crippen molar-refractivity contribution in [2.45, 2.75) is 4.90 Å². The topological polar surface area (TPSA) is 98.5 Å². The van der Waals surface area contributed by atoms with E-state index in [0.29, 0.717) is 4.43 Å². The van der Waals surface area contributed by atoms with Crippen LogP contribution < -0.4 is 9.46 Å². The summed E-state index contributed by atoms with van der Waals surface area (Å²) in [5.41, 5.74) is -0.504. The molecule has 0 heterocycles. The smallest absolute Gasteiger partial charge is 0.293 e. The fraction of sp³-hybridized carbons (Fsp3) is 0.333. The summed E-state index contributed by atoms with van der Waals surface area (Å²) >= 11 is 2.00. The van der Waals surface area contributed by atoms with Gasteiger partial charge in [0.05, 0.1) is 18.1 Å². The fourth-order valence-corrected chi connectivity index (χ4v) is 3.06. The number of nitrogens with one attached hydrogen (secondary N) is 1. The maximum absolute atomic E-state index is 11.9. The summed E-state index contributed by atoms with van der Waals surface area (Å²) in [5, 5.41) is 10.9. The largest absolute Gasteiger partial charge is 0.497 e. The van der Waals surface area contributed by atoms with Crippen LogP contribution in [0.25, 0.3) is 0 Å². The van der Waals surface area contributed by atoms with Crippen molar-refractivity contribution in [3.05, 3.63) is 28.3 Å². The van der Waals surface area contributed by atoms with E-state index in [4.69, 9.17) is 4.74 Å². The van der Waals surface area contributed by atoms with E-state index in [9.17, 15) is 18.5 Å². The number of hydrogen-bond donors (Lipinski definition) is 1. The molecule has 7 nitrogen and oxygen atoms in total. The van der Waals surface area contributed by atoms with Gasteiger partial charge in [0.1, 0.15) is 5.75 Å². The lowest BCUT2D eigenvalue weighted by Crippen LogP contribution is -2.26. The first-order valence-corrected chi connectivity index (χ1v) is 7.81. The molecule has 1 aromatic carbocycles. The van der Waals surface area contributed by atoms with Gasteiger partial charge in [0, 0.05) is 11.0 Å². The van der Waals surface area contributed by atoms with Crippen LogP contribution in [-0.2, 0) is 10.0 Å². The van der Waals surface area contributed by atoms with Crippen LogP contribution in [0.4, 0.5) is 5.69 Å². The third kappa shape index (κ3) is 3.53. The van der Waals surface area contributed by atoms with Crippen molar-refractivity contribution < 1.29 is 18.1 Å². The van der Waals surface area contributed by atoms with Gasteiger partial charge >= 0.3 is 0 Å². The van der Waals surface area contributed by atoms with Gasteiger partial charge in [0.15, 0.2) is 4.90 Å². The molecule has 0 bridgehead atoms. The quantitative estimate of drug-likeness (QED) is 0.344. The van der Waals surface area contributed by atoms with E-state index < -0.39 is 20.6 Å². The summed E-state index contributed by atoms with van der Waals surface area (Å²) < 4.78 is 31.4. The standard InChI is InChI=1S/C9H11IN2O5S/c1-17-7-2-3-9(8(6-7)12(13)14)18(15,16)11-5-4-10/h2-3,6,11H,4-5H2,1H3. The van der Waals surface area contributed by atoms with Crippen LogP contribution in [0.1, 0.15) is 0 Å². The third-order valence-corrected chi connectivity index (χ3v) is 4.09. The Hall–Kier alpha value is -0.940. The van der Waals surface area contributed by atoms with Gasteiger partial charge in [-0.1, -0.05) is 22.6 Å². The molecule has 0 saturated heterocycles. The number of methoxy groups -OCH3 is 1. The second-order valence-corrected chi connectivity index (χ2v) is 5.99. The molecule has 1 N–H and O–H groups in total. The van der Waals surface area contributed by atoms with Crippen LogP contribution in [0, 0.1) is 10.1 Å². The highest BCUT2D eigenvalue weighted by Crippen LogP contribution is 2.27. The van der Waals surface area contributed by atoms with Crippen molar-refractivity contribution in [1.29, 1.82) is 0 Å². The van der Waals surface area contributed by atoms with E-state index in [-0.39, 0.29) is 17.2 Å². The molecule has 0 atom stereocenters. The average molecular weight is 386 g/mol. The SMILES string of the molecule is COc1ccc(S(=O)(=O)NCCI)c([N+](=O)[O-])c1. The van der Waals surface area contributed by atoms with Crippen LogP contribution >= 0.6 is 22.6 Å². The summed E-state index contributed by atoms with van der Waals surface area (Å²) in [7, 11) is -2.53. The van der Waals surface area contributed by atoms with Crippen molar-refractivity contribution in [2.75, 3.05) is 18.1 Å². The second-order valence-electron chi connectivity index (χ2n) is 3.18. The Kier molecular flexibility index (Phi) is 5.28. The van der Waals surface area contributed by atoms with Gasteiger partial charge in [-0.2, -0.15) is 0 Å². The van der Waals surface area contributed by atoms with Crippen molar-refractivity contribution in [3.8, 4) is 5.75 Å². The predicted octanol–water partition coefficient (Wildman–Crippen LogP) is 1.32. The van der Waals surface area contributed by atoms with E-state index in [1.54, 1.807) is 0 Å². The monoisotopic (exact) mass is 386 g/mol. The van der Waals surface area contributed by atoms with E-state index in [1.165, 1.54) is 13.2 Å². The molecule has 0 spiro atoms. The number of rotatable bonds is 6. The number of alkyl halides is 1. The van der Waals surface area contributed by atoms with Crippen molar-refractivity contribution >= 4 is 38.3 Å². The van der Waals surface area contributed by atoms with Crippen LogP contribution in [-0.4, -0.2) is 31.4 Å². The van der Waals surface area contributed by atoms with Gasteiger partial charge < -0.3 is 4.74 Å². The first-order valence-electron chi connectivity index (χ1n) is 4.80. The molecule has 0 aliphatic carbocycles. The Morgan fingerprint density at radius 1 is 1.50 bits per heavy atom. The molecule has 0 aliphatic rings. The molecule has 0 unspecified atom stereocenters. The molecule has 1 rings (SSSR count). The molecule has 0 fully saturated rings. The molecule has 1 aromatic rings. The van der Waals surface area contributed by atoms with Crippen LogP contribution in [0.2, 0.25) is 0 Å². The second kappa shape index (κ2) is 6.29. The minimum absolute atomic E-state index is 0.214. The number of ether oxygens (including phenoxy) is 1.